The minimum Gasteiger partial charge on any atom is -0.339 e. The molecule has 0 aliphatic carbocycles. The average molecular weight is 443 g/mol. The zero-order valence-corrected chi connectivity index (χ0v) is 17.8. The first kappa shape index (κ1) is 22.3. The van der Waals surface area contributed by atoms with E-state index in [9.17, 15) is 26.4 Å². The van der Waals surface area contributed by atoms with Crippen molar-refractivity contribution in [3.05, 3.63) is 47.8 Å². The molecule has 10 heteroatoms. The second-order valence-corrected chi connectivity index (χ2v) is 10.6. The molecule has 1 aliphatic heterocycles. The van der Waals surface area contributed by atoms with Crippen LogP contribution in [-0.2, 0) is 23.1 Å². The summed E-state index contributed by atoms with van der Waals surface area (Å²) in [5, 5.41) is 3.99. The summed E-state index contributed by atoms with van der Waals surface area (Å²) in [7, 11) is -2.31. The molecule has 1 amide bonds. The maximum absolute atomic E-state index is 13.2. The van der Waals surface area contributed by atoms with Gasteiger partial charge in [-0.1, -0.05) is 6.07 Å². The molecule has 0 saturated carbocycles. The molecule has 0 bridgehead atoms. The number of carbonyl (C=O) groups excluding carboxylic acids is 1. The Labute approximate surface area is 173 Å². The standard InChI is InChI=1S/C20H24F3N3O3S/c1-19(2,30(28,29)17-6-4-5-16(11-17)20(21,22)23)15-7-9-26(10-8-15)18(27)14-12-24-25(3)13-14/h4-6,11-13,15H,7-10H2,1-3H3. The fraction of sp³-hybridized carbons (Fsp3) is 0.500. The van der Waals surface area contributed by atoms with Crippen LogP contribution in [-0.4, -0.2) is 46.8 Å². The van der Waals surface area contributed by atoms with Gasteiger partial charge in [0.05, 0.1) is 27.0 Å². The normalized spacial score (nSPS) is 16.7. The number of piperidine rings is 1. The van der Waals surface area contributed by atoms with Gasteiger partial charge >= 0.3 is 6.18 Å². The van der Waals surface area contributed by atoms with Gasteiger partial charge in [0.25, 0.3) is 5.91 Å². The first-order valence-electron chi connectivity index (χ1n) is 9.54. The van der Waals surface area contributed by atoms with Crippen LogP contribution in [0.1, 0.15) is 42.6 Å². The van der Waals surface area contributed by atoms with E-state index in [0.29, 0.717) is 37.6 Å². The first-order valence-corrected chi connectivity index (χ1v) is 11.0. The number of aromatic nitrogens is 2. The monoisotopic (exact) mass is 443 g/mol. The number of nitrogens with zero attached hydrogens (tertiary/aromatic N) is 3. The highest BCUT2D eigenvalue weighted by Gasteiger charge is 2.45. The van der Waals surface area contributed by atoms with Crippen LogP contribution in [0.5, 0.6) is 0 Å². The average Bonchev–Trinajstić information content (AvgIpc) is 3.13. The summed E-state index contributed by atoms with van der Waals surface area (Å²) in [5.41, 5.74) is -0.525. The minimum atomic E-state index is -4.62. The van der Waals surface area contributed by atoms with Crippen molar-refractivity contribution in [1.82, 2.24) is 14.7 Å². The van der Waals surface area contributed by atoms with Crippen LogP contribution in [0.3, 0.4) is 0 Å². The van der Waals surface area contributed by atoms with Gasteiger partial charge in [-0.15, -0.1) is 0 Å². The Bertz CT molecular complexity index is 1040. The number of halogens is 3. The van der Waals surface area contributed by atoms with Gasteiger partial charge < -0.3 is 4.90 Å². The zero-order valence-electron chi connectivity index (χ0n) is 17.0. The molecule has 0 radical (unpaired) electrons. The Morgan fingerprint density at radius 2 is 1.80 bits per heavy atom. The SMILES string of the molecule is Cn1cc(C(=O)N2CCC(C(C)(C)S(=O)(=O)c3cccc(C(F)(F)F)c3)CC2)cn1. The Morgan fingerprint density at radius 3 is 2.33 bits per heavy atom. The predicted molar refractivity (Wildman–Crippen MR) is 105 cm³/mol. The number of carbonyl (C=O) groups is 1. The maximum Gasteiger partial charge on any atom is 0.416 e. The van der Waals surface area contributed by atoms with E-state index in [-0.39, 0.29) is 16.7 Å². The smallest absolute Gasteiger partial charge is 0.339 e. The van der Waals surface area contributed by atoms with Gasteiger partial charge in [-0.3, -0.25) is 9.48 Å². The van der Waals surface area contributed by atoms with Crippen molar-refractivity contribution in [2.75, 3.05) is 13.1 Å². The minimum absolute atomic E-state index is 0.167. The van der Waals surface area contributed by atoms with E-state index >= 15 is 0 Å². The number of rotatable bonds is 4. The molecule has 1 saturated heterocycles. The summed E-state index contributed by atoms with van der Waals surface area (Å²) in [6.07, 6.45) is -0.630. The lowest BCUT2D eigenvalue weighted by Crippen LogP contribution is -2.47. The maximum atomic E-state index is 13.2. The highest BCUT2D eigenvalue weighted by Crippen LogP contribution is 2.39. The molecule has 0 spiro atoms. The van der Waals surface area contributed by atoms with E-state index in [1.54, 1.807) is 32.0 Å². The largest absolute Gasteiger partial charge is 0.416 e. The van der Waals surface area contributed by atoms with Crippen LogP contribution in [0.15, 0.2) is 41.6 Å². The Kier molecular flexibility index (Phi) is 5.74. The number of aryl methyl sites for hydroxylation is 1. The van der Waals surface area contributed by atoms with Crippen LogP contribution in [0, 0.1) is 5.92 Å². The molecule has 3 rings (SSSR count). The van der Waals surface area contributed by atoms with Crippen molar-refractivity contribution in [2.24, 2.45) is 13.0 Å². The third kappa shape index (κ3) is 4.10. The Hall–Kier alpha value is -2.36. The molecule has 1 aromatic carbocycles. The van der Waals surface area contributed by atoms with E-state index in [1.165, 1.54) is 16.9 Å². The van der Waals surface area contributed by atoms with Gasteiger partial charge in [-0.2, -0.15) is 18.3 Å². The van der Waals surface area contributed by atoms with Crippen molar-refractivity contribution in [2.45, 2.75) is 42.5 Å². The fourth-order valence-electron chi connectivity index (χ4n) is 3.85. The molecule has 1 aliphatic rings. The zero-order chi connectivity index (χ0) is 22.3. The van der Waals surface area contributed by atoms with Gasteiger partial charge in [0.15, 0.2) is 9.84 Å². The summed E-state index contributed by atoms with van der Waals surface area (Å²) in [6.45, 7) is 3.84. The number of hydrogen-bond donors (Lipinski definition) is 0. The van der Waals surface area contributed by atoms with Crippen molar-refractivity contribution in [3.63, 3.8) is 0 Å². The summed E-state index contributed by atoms with van der Waals surface area (Å²) in [5.74, 6) is -0.463. The van der Waals surface area contributed by atoms with E-state index in [0.717, 1.165) is 12.1 Å². The molecule has 2 aromatic rings. The van der Waals surface area contributed by atoms with E-state index in [4.69, 9.17) is 0 Å². The molecule has 2 heterocycles. The second-order valence-electron chi connectivity index (χ2n) is 8.10. The summed E-state index contributed by atoms with van der Waals surface area (Å²) >= 11 is 0. The number of sulfone groups is 1. The van der Waals surface area contributed by atoms with E-state index in [2.05, 4.69) is 5.10 Å². The Balaban J connectivity index is 1.77. The van der Waals surface area contributed by atoms with Gasteiger partial charge in [0, 0.05) is 26.3 Å². The number of likely N-dealkylation sites (tertiary alicyclic amines) is 1. The number of benzene rings is 1. The molecule has 30 heavy (non-hydrogen) atoms. The lowest BCUT2D eigenvalue weighted by molar-refractivity contribution is -0.137. The molecular formula is C20H24F3N3O3S. The summed E-state index contributed by atoms with van der Waals surface area (Å²) in [4.78, 5) is 13.9. The second kappa shape index (κ2) is 7.72. The van der Waals surface area contributed by atoms with Crippen molar-refractivity contribution >= 4 is 15.7 Å². The highest BCUT2D eigenvalue weighted by molar-refractivity contribution is 7.92. The molecule has 0 atom stereocenters. The molecular weight excluding hydrogens is 419 g/mol. The predicted octanol–water partition coefficient (Wildman–Crippen LogP) is 3.54. The van der Waals surface area contributed by atoms with Crippen LogP contribution in [0.25, 0.3) is 0 Å². The molecule has 0 unspecified atom stereocenters. The molecule has 6 nitrogen and oxygen atoms in total. The number of hydrogen-bond acceptors (Lipinski definition) is 4. The van der Waals surface area contributed by atoms with Gasteiger partial charge in [-0.05, 0) is 50.8 Å². The van der Waals surface area contributed by atoms with Crippen molar-refractivity contribution in [3.8, 4) is 0 Å². The number of alkyl halides is 3. The molecule has 1 fully saturated rings. The first-order chi connectivity index (χ1) is 13.8. The van der Waals surface area contributed by atoms with E-state index < -0.39 is 26.3 Å². The van der Waals surface area contributed by atoms with Crippen LogP contribution < -0.4 is 0 Å². The summed E-state index contributed by atoms with van der Waals surface area (Å²) in [6, 6.07) is 3.86. The highest BCUT2D eigenvalue weighted by atomic mass is 32.2. The van der Waals surface area contributed by atoms with Crippen molar-refractivity contribution in [1.29, 1.82) is 0 Å². The van der Waals surface area contributed by atoms with Gasteiger partial charge in [-0.25, -0.2) is 8.42 Å². The number of amides is 1. The quantitative estimate of drug-likeness (QED) is 0.725. The Morgan fingerprint density at radius 1 is 1.17 bits per heavy atom. The molecule has 1 aromatic heterocycles. The van der Waals surface area contributed by atoms with Crippen LogP contribution in [0.4, 0.5) is 13.2 Å². The third-order valence-corrected chi connectivity index (χ3v) is 8.47. The lowest BCUT2D eigenvalue weighted by Gasteiger charge is -2.40. The van der Waals surface area contributed by atoms with Crippen LogP contribution >= 0.6 is 0 Å². The van der Waals surface area contributed by atoms with Crippen molar-refractivity contribution < 1.29 is 26.4 Å². The third-order valence-electron chi connectivity index (χ3n) is 5.88. The fourth-order valence-corrected chi connectivity index (χ4v) is 5.68. The lowest BCUT2D eigenvalue weighted by atomic mass is 9.85. The van der Waals surface area contributed by atoms with E-state index in [1.807, 2.05) is 0 Å². The molecule has 0 N–H and O–H groups in total. The molecule has 164 valence electrons. The van der Waals surface area contributed by atoms with Gasteiger partial charge in [0.2, 0.25) is 0 Å². The summed E-state index contributed by atoms with van der Waals surface area (Å²) < 4.78 is 65.8. The topological polar surface area (TPSA) is 72.3 Å². The van der Waals surface area contributed by atoms with Crippen LogP contribution in [0.2, 0.25) is 0 Å². The van der Waals surface area contributed by atoms with Gasteiger partial charge in [0.1, 0.15) is 0 Å².